The third-order valence-electron chi connectivity index (χ3n) is 2.72. The molecule has 0 unspecified atom stereocenters. The van der Waals surface area contributed by atoms with Crippen LogP contribution in [-0.2, 0) is 22.3 Å². The molecule has 0 amide bonds. The number of rotatable bonds is 8. The van der Waals surface area contributed by atoms with E-state index in [4.69, 9.17) is 5.73 Å². The number of nitrogens with two attached hydrogens (primary N) is 1. The third kappa shape index (κ3) is 6.68. The highest BCUT2D eigenvalue weighted by Crippen LogP contribution is 2.07. The van der Waals surface area contributed by atoms with E-state index in [2.05, 4.69) is 4.72 Å². The molecule has 0 fully saturated rings. The average Bonchev–Trinajstić information content (AvgIpc) is 2.35. The summed E-state index contributed by atoms with van der Waals surface area (Å²) in [6.45, 7) is 1.81. The molecule has 6 heteroatoms. The zero-order valence-corrected chi connectivity index (χ0v) is 12.4. The molecule has 0 aliphatic rings. The molecule has 1 aromatic carbocycles. The molecule has 0 radical (unpaired) electrons. The number of nitrogens with one attached hydrogen (secondary N) is 1. The van der Waals surface area contributed by atoms with E-state index in [9.17, 15) is 8.42 Å². The molecule has 3 N–H and O–H groups in total. The summed E-state index contributed by atoms with van der Waals surface area (Å²) in [4.78, 5) is 2.03. The van der Waals surface area contributed by atoms with E-state index >= 15 is 0 Å². The molecule has 0 saturated heterocycles. The van der Waals surface area contributed by atoms with Crippen LogP contribution >= 0.6 is 0 Å². The smallest absolute Gasteiger partial charge is 0.215 e. The molecule has 5 nitrogen and oxygen atoms in total. The van der Waals surface area contributed by atoms with Crippen molar-refractivity contribution in [3.05, 3.63) is 35.4 Å². The normalized spacial score (nSPS) is 12.0. The summed E-state index contributed by atoms with van der Waals surface area (Å²) < 4.78 is 26.3. The van der Waals surface area contributed by atoms with Crippen LogP contribution in [0.5, 0.6) is 0 Å². The summed E-state index contributed by atoms with van der Waals surface area (Å²) in [5.41, 5.74) is 7.27. The molecule has 0 aromatic heterocycles. The molecule has 0 aliphatic carbocycles. The minimum absolute atomic E-state index is 0.0137. The van der Waals surface area contributed by atoms with E-state index in [1.807, 2.05) is 31.1 Å². The number of sulfonamides is 1. The van der Waals surface area contributed by atoms with Crippen molar-refractivity contribution in [3.8, 4) is 0 Å². The molecule has 108 valence electrons. The summed E-state index contributed by atoms with van der Waals surface area (Å²) in [7, 11) is 0.680. The summed E-state index contributed by atoms with van der Waals surface area (Å²) >= 11 is 0. The summed E-state index contributed by atoms with van der Waals surface area (Å²) in [5.74, 6) is 0.0137. The zero-order valence-electron chi connectivity index (χ0n) is 11.6. The van der Waals surface area contributed by atoms with Gasteiger partial charge in [-0.3, -0.25) is 0 Å². The minimum Gasteiger partial charge on any atom is -0.326 e. The number of hydrogen-bond acceptors (Lipinski definition) is 4. The van der Waals surface area contributed by atoms with Crippen LogP contribution in [0.3, 0.4) is 0 Å². The average molecular weight is 285 g/mol. The van der Waals surface area contributed by atoms with E-state index in [1.54, 1.807) is 12.1 Å². The molecule has 0 saturated carbocycles. The van der Waals surface area contributed by atoms with Gasteiger partial charge in [0, 0.05) is 13.1 Å². The van der Waals surface area contributed by atoms with Crippen LogP contribution in [0.25, 0.3) is 0 Å². The van der Waals surface area contributed by atoms with Crippen molar-refractivity contribution in [1.29, 1.82) is 0 Å². The van der Waals surface area contributed by atoms with E-state index < -0.39 is 10.0 Å². The molecule has 1 rings (SSSR count). The molecule has 0 aliphatic heterocycles. The summed E-state index contributed by atoms with van der Waals surface area (Å²) in [5, 5.41) is 0. The molecule has 1 aromatic rings. The molecule has 0 heterocycles. The number of benzene rings is 1. The van der Waals surface area contributed by atoms with Crippen LogP contribution in [0.2, 0.25) is 0 Å². The van der Waals surface area contributed by atoms with E-state index in [0.29, 0.717) is 13.1 Å². The topological polar surface area (TPSA) is 75.4 Å². The first-order valence-electron chi connectivity index (χ1n) is 6.33. The molecular formula is C13H23N3O2S. The second-order valence-corrected chi connectivity index (χ2v) is 6.64. The predicted molar refractivity (Wildman–Crippen MR) is 78.1 cm³/mol. The largest absolute Gasteiger partial charge is 0.326 e. The number of nitrogens with zero attached hydrogens (tertiary/aromatic N) is 1. The Balaban J connectivity index is 2.44. The lowest BCUT2D eigenvalue weighted by atomic mass is 10.1. The Morgan fingerprint density at radius 2 is 1.74 bits per heavy atom. The summed E-state index contributed by atoms with van der Waals surface area (Å²) in [6.07, 6.45) is 0.804. The standard InChI is InChI=1S/C13H23N3O2S/c1-16(2)9-3-8-15-19(17,18)11-13-6-4-12(10-14)5-7-13/h4-7,15H,3,8-11,14H2,1-2H3. The molecule has 0 spiro atoms. The fraction of sp³-hybridized carbons (Fsp3) is 0.538. The second kappa shape index (κ2) is 7.59. The fourth-order valence-corrected chi connectivity index (χ4v) is 2.85. The van der Waals surface area contributed by atoms with Gasteiger partial charge in [-0.2, -0.15) is 0 Å². The van der Waals surface area contributed by atoms with Gasteiger partial charge in [0.15, 0.2) is 0 Å². The Bertz CT molecular complexity index is 469. The van der Waals surface area contributed by atoms with Crippen molar-refractivity contribution in [2.75, 3.05) is 27.2 Å². The molecular weight excluding hydrogens is 262 g/mol. The molecule has 0 bridgehead atoms. The van der Waals surface area contributed by atoms with E-state index in [-0.39, 0.29) is 5.75 Å². The lowest BCUT2D eigenvalue weighted by Crippen LogP contribution is -2.28. The first-order valence-corrected chi connectivity index (χ1v) is 7.98. The van der Waals surface area contributed by atoms with Gasteiger partial charge in [0.1, 0.15) is 0 Å². The quantitative estimate of drug-likeness (QED) is 0.683. The highest BCUT2D eigenvalue weighted by molar-refractivity contribution is 7.88. The maximum absolute atomic E-state index is 11.8. The van der Waals surface area contributed by atoms with Crippen molar-refractivity contribution in [2.45, 2.75) is 18.7 Å². The Morgan fingerprint density at radius 1 is 1.16 bits per heavy atom. The van der Waals surface area contributed by atoms with Gasteiger partial charge in [-0.25, -0.2) is 13.1 Å². The van der Waals surface area contributed by atoms with Gasteiger partial charge in [0.2, 0.25) is 10.0 Å². The van der Waals surface area contributed by atoms with Gasteiger partial charge >= 0.3 is 0 Å². The van der Waals surface area contributed by atoms with Crippen LogP contribution in [-0.4, -0.2) is 40.5 Å². The van der Waals surface area contributed by atoms with Crippen LogP contribution in [0, 0.1) is 0 Å². The van der Waals surface area contributed by atoms with Gasteiger partial charge in [-0.1, -0.05) is 24.3 Å². The third-order valence-corrected chi connectivity index (χ3v) is 4.08. The van der Waals surface area contributed by atoms with Gasteiger partial charge in [0.05, 0.1) is 5.75 Å². The SMILES string of the molecule is CN(C)CCCNS(=O)(=O)Cc1ccc(CN)cc1. The lowest BCUT2D eigenvalue weighted by Gasteiger charge is -2.10. The van der Waals surface area contributed by atoms with E-state index in [0.717, 1.165) is 24.1 Å². The highest BCUT2D eigenvalue weighted by atomic mass is 32.2. The Hall–Kier alpha value is -0.950. The second-order valence-electron chi connectivity index (χ2n) is 4.83. The number of hydrogen-bond donors (Lipinski definition) is 2. The Kier molecular flexibility index (Phi) is 6.44. The highest BCUT2D eigenvalue weighted by Gasteiger charge is 2.10. The zero-order chi connectivity index (χ0) is 14.3. The predicted octanol–water partition coefficient (Wildman–Crippen LogP) is 0.516. The van der Waals surface area contributed by atoms with E-state index in [1.165, 1.54) is 0 Å². The minimum atomic E-state index is -3.25. The van der Waals surface area contributed by atoms with Gasteiger partial charge < -0.3 is 10.6 Å². The maximum atomic E-state index is 11.8. The monoisotopic (exact) mass is 285 g/mol. The van der Waals surface area contributed by atoms with Crippen LogP contribution in [0.4, 0.5) is 0 Å². The van der Waals surface area contributed by atoms with Crippen molar-refractivity contribution in [2.24, 2.45) is 5.73 Å². The Morgan fingerprint density at radius 3 is 2.26 bits per heavy atom. The Labute approximate surface area is 115 Å². The van der Waals surface area contributed by atoms with Crippen molar-refractivity contribution in [1.82, 2.24) is 9.62 Å². The van der Waals surface area contributed by atoms with Crippen molar-refractivity contribution >= 4 is 10.0 Å². The van der Waals surface area contributed by atoms with Gasteiger partial charge in [-0.15, -0.1) is 0 Å². The van der Waals surface area contributed by atoms with Crippen LogP contribution in [0.1, 0.15) is 17.5 Å². The van der Waals surface area contributed by atoms with Crippen LogP contribution < -0.4 is 10.5 Å². The molecule has 0 atom stereocenters. The first kappa shape index (κ1) is 16.1. The fourth-order valence-electron chi connectivity index (χ4n) is 1.66. The van der Waals surface area contributed by atoms with Gasteiger partial charge in [-0.05, 0) is 38.2 Å². The lowest BCUT2D eigenvalue weighted by molar-refractivity contribution is 0.400. The summed E-state index contributed by atoms with van der Waals surface area (Å²) in [6, 6.07) is 7.33. The van der Waals surface area contributed by atoms with Crippen molar-refractivity contribution in [3.63, 3.8) is 0 Å². The van der Waals surface area contributed by atoms with Crippen molar-refractivity contribution < 1.29 is 8.42 Å². The van der Waals surface area contributed by atoms with Gasteiger partial charge in [0.25, 0.3) is 0 Å². The molecule has 19 heavy (non-hydrogen) atoms. The van der Waals surface area contributed by atoms with Crippen LogP contribution in [0.15, 0.2) is 24.3 Å². The maximum Gasteiger partial charge on any atom is 0.215 e. The first-order chi connectivity index (χ1) is 8.93.